The fourth-order valence-electron chi connectivity index (χ4n) is 7.47. The predicted octanol–water partition coefficient (Wildman–Crippen LogP) is 7.60. The third-order valence-electron chi connectivity index (χ3n) is 10.7. The summed E-state index contributed by atoms with van der Waals surface area (Å²) < 4.78 is 50.0. The summed E-state index contributed by atoms with van der Waals surface area (Å²) >= 11 is 12.9. The van der Waals surface area contributed by atoms with Crippen LogP contribution >= 0.6 is 23.2 Å². The molecule has 3 aromatic carbocycles. The number of likely N-dealkylation sites (N-methyl/N-ethyl adjacent to an activating group) is 1. The Bertz CT molecular complexity index is 2050. The fourth-order valence-corrected chi connectivity index (χ4v) is 8.07. The van der Waals surface area contributed by atoms with Crippen molar-refractivity contribution in [3.8, 4) is 11.5 Å². The Morgan fingerprint density at radius 3 is 2.29 bits per heavy atom. The number of alkyl halides is 2. The van der Waals surface area contributed by atoms with Crippen LogP contribution < -0.4 is 19.1 Å². The van der Waals surface area contributed by atoms with Gasteiger partial charge in [0.1, 0.15) is 22.3 Å². The van der Waals surface area contributed by atoms with E-state index in [1.165, 1.54) is 18.2 Å². The molecule has 0 radical (unpaired) electrons. The minimum absolute atomic E-state index is 0.0371. The molecule has 59 heavy (non-hydrogen) atoms. The molecule has 4 fully saturated rings. The number of fused-ring (bicyclic) bond motifs is 3. The molecular formula is C43H45Cl2F2N3O9. The SMILES string of the molecule is CN(c1cccc(CC(=O)O[C@@H](Cc2c(Cl)c[n+]([O-])cc2Cl)c2ccc(OC(F)F)c(OCC3CC3)c2)c1)C(C(=O)O[C@H]1CN2CCC1CC2)c1ccccc1.O=CO. The Kier molecular flexibility index (Phi) is 14.9. The van der Waals surface area contributed by atoms with Crippen LogP contribution in [0.3, 0.4) is 0 Å². The zero-order valence-electron chi connectivity index (χ0n) is 32.3. The first-order valence-electron chi connectivity index (χ1n) is 19.3. The third kappa shape index (κ3) is 11.7. The van der Waals surface area contributed by atoms with E-state index in [0.29, 0.717) is 45.6 Å². The molecule has 3 atom stereocenters. The Morgan fingerprint density at radius 1 is 0.966 bits per heavy atom. The summed E-state index contributed by atoms with van der Waals surface area (Å²) in [5.74, 6) is -0.343. The van der Waals surface area contributed by atoms with Gasteiger partial charge < -0.3 is 34.2 Å². The van der Waals surface area contributed by atoms with Gasteiger partial charge in [-0.15, -0.1) is 0 Å². The number of nitrogens with zero attached hydrogens (tertiary/aromatic N) is 3. The minimum Gasteiger partial charge on any atom is -0.619 e. The minimum atomic E-state index is -3.08. The molecule has 4 heterocycles. The van der Waals surface area contributed by atoms with Gasteiger partial charge in [-0.05, 0) is 91.6 Å². The van der Waals surface area contributed by atoms with E-state index >= 15 is 0 Å². The van der Waals surface area contributed by atoms with Crippen LogP contribution in [0, 0.1) is 17.0 Å². The van der Waals surface area contributed by atoms with Gasteiger partial charge in [0.15, 0.2) is 29.9 Å². The molecule has 8 rings (SSSR count). The van der Waals surface area contributed by atoms with Gasteiger partial charge >= 0.3 is 18.6 Å². The number of anilines is 1. The molecule has 314 valence electrons. The summed E-state index contributed by atoms with van der Waals surface area (Å²) in [4.78, 5) is 40.3. The third-order valence-corrected chi connectivity index (χ3v) is 11.4. The first-order chi connectivity index (χ1) is 28.4. The lowest BCUT2D eigenvalue weighted by atomic mass is 9.86. The number of pyridine rings is 1. The number of halogens is 4. The molecule has 3 saturated heterocycles. The second-order valence-corrected chi connectivity index (χ2v) is 15.6. The molecule has 2 bridgehead atoms. The summed E-state index contributed by atoms with van der Waals surface area (Å²) in [5.41, 5.74) is 2.85. The number of rotatable bonds is 16. The molecule has 4 aliphatic rings. The van der Waals surface area contributed by atoms with Crippen molar-refractivity contribution in [2.24, 2.45) is 11.8 Å². The van der Waals surface area contributed by atoms with Crippen molar-refractivity contribution in [3.63, 3.8) is 0 Å². The predicted molar refractivity (Wildman–Crippen MR) is 215 cm³/mol. The molecule has 16 heteroatoms. The van der Waals surface area contributed by atoms with Crippen molar-refractivity contribution in [1.82, 2.24) is 4.90 Å². The van der Waals surface area contributed by atoms with Crippen LogP contribution in [-0.2, 0) is 36.7 Å². The summed E-state index contributed by atoms with van der Waals surface area (Å²) in [6, 6.07) is 20.4. The zero-order chi connectivity index (χ0) is 42.1. The molecule has 0 amide bonds. The molecule has 1 saturated carbocycles. The standard InChI is InChI=1S/C42H43Cl2F2N3O7.CH2O2/c1-47(40(29-7-3-2-4-8-29)41(51)55-38-24-48-16-14-28(38)15-17-48)31-9-5-6-27(18-31)19-39(50)54-36(21-32-33(43)22-49(52)23-34(32)44)30-12-13-35(56-42(45)46)37(20-30)53-25-26-10-11-26;2-1-3/h2-9,12-13,18,20,22-23,26,28,36,38,40,42H,10-11,14-17,19,21,24-25H2,1H3;1H,(H,2,3)/t36-,38-,40?;/m0./s1. The zero-order valence-corrected chi connectivity index (χ0v) is 33.8. The van der Waals surface area contributed by atoms with Crippen molar-refractivity contribution < 1.29 is 51.9 Å². The maximum atomic E-state index is 14.0. The highest BCUT2D eigenvalue weighted by molar-refractivity contribution is 6.35. The van der Waals surface area contributed by atoms with Gasteiger partial charge in [0.2, 0.25) is 0 Å². The molecule has 12 nitrogen and oxygen atoms in total. The molecule has 4 aromatic rings. The molecule has 1 aromatic heterocycles. The average molecular weight is 857 g/mol. The van der Waals surface area contributed by atoms with Crippen LogP contribution in [0.4, 0.5) is 14.5 Å². The van der Waals surface area contributed by atoms with Gasteiger partial charge in [-0.1, -0.05) is 71.7 Å². The average Bonchev–Trinajstić information content (AvgIpc) is 4.04. The number of aromatic nitrogens is 1. The normalized spacial score (nSPS) is 19.1. The Balaban J connectivity index is 0.00000189. The quantitative estimate of drug-likeness (QED) is 0.0516. The monoisotopic (exact) mass is 855 g/mol. The lowest BCUT2D eigenvalue weighted by Gasteiger charge is -2.44. The van der Waals surface area contributed by atoms with Crippen molar-refractivity contribution >= 4 is 47.3 Å². The summed E-state index contributed by atoms with van der Waals surface area (Å²) in [6.45, 7) is -0.203. The summed E-state index contributed by atoms with van der Waals surface area (Å²) in [5, 5.41) is 19.0. The van der Waals surface area contributed by atoms with Crippen LogP contribution in [0.1, 0.15) is 60.1 Å². The first-order valence-corrected chi connectivity index (χ1v) is 20.0. The fraction of sp³-hybridized carbons (Fsp3) is 0.395. The van der Waals surface area contributed by atoms with Gasteiger partial charge in [0, 0.05) is 31.3 Å². The highest BCUT2D eigenvalue weighted by Gasteiger charge is 2.39. The number of ether oxygens (including phenoxy) is 4. The lowest BCUT2D eigenvalue weighted by molar-refractivity contribution is -0.605. The molecule has 1 unspecified atom stereocenters. The van der Waals surface area contributed by atoms with Crippen LogP contribution in [-0.4, -0.2) is 74.4 Å². The van der Waals surface area contributed by atoms with E-state index in [2.05, 4.69) is 4.90 Å². The Labute approximate surface area is 350 Å². The summed E-state index contributed by atoms with van der Waals surface area (Å²) in [6.07, 6.45) is 4.91. The van der Waals surface area contributed by atoms with Crippen LogP contribution in [0.2, 0.25) is 10.0 Å². The number of hydrogen-bond donors (Lipinski definition) is 1. The highest BCUT2D eigenvalue weighted by atomic mass is 35.5. The number of carbonyl (C=O) groups is 3. The van der Waals surface area contributed by atoms with Crippen molar-refractivity contribution in [1.29, 1.82) is 0 Å². The van der Waals surface area contributed by atoms with E-state index in [-0.39, 0.29) is 52.9 Å². The van der Waals surface area contributed by atoms with Crippen molar-refractivity contribution in [2.45, 2.75) is 63.4 Å². The van der Waals surface area contributed by atoms with E-state index in [4.69, 9.17) is 52.1 Å². The smallest absolute Gasteiger partial charge is 0.387 e. The van der Waals surface area contributed by atoms with Gasteiger partial charge in [-0.25, -0.2) is 4.79 Å². The van der Waals surface area contributed by atoms with Gasteiger partial charge in [-0.3, -0.25) is 14.5 Å². The molecule has 0 spiro atoms. The maximum absolute atomic E-state index is 14.0. The van der Waals surface area contributed by atoms with E-state index in [0.717, 1.165) is 63.3 Å². The second-order valence-electron chi connectivity index (χ2n) is 14.8. The van der Waals surface area contributed by atoms with Gasteiger partial charge in [-0.2, -0.15) is 13.5 Å². The number of piperidine rings is 3. The van der Waals surface area contributed by atoms with Gasteiger partial charge in [0.25, 0.3) is 6.47 Å². The van der Waals surface area contributed by atoms with Crippen LogP contribution in [0.25, 0.3) is 0 Å². The number of carbonyl (C=O) groups excluding carboxylic acids is 2. The van der Waals surface area contributed by atoms with E-state index in [1.807, 2.05) is 54.4 Å². The van der Waals surface area contributed by atoms with Crippen LogP contribution in [0.5, 0.6) is 11.5 Å². The number of carboxylic acid groups (broad SMARTS) is 1. The van der Waals surface area contributed by atoms with E-state index in [1.54, 1.807) is 12.1 Å². The Hall–Kier alpha value is -5.18. The molecular weight excluding hydrogens is 811 g/mol. The van der Waals surface area contributed by atoms with Crippen LogP contribution in [0.15, 0.2) is 85.2 Å². The largest absolute Gasteiger partial charge is 0.619 e. The molecule has 3 aliphatic heterocycles. The topological polar surface area (TPSA) is 142 Å². The van der Waals surface area contributed by atoms with Crippen molar-refractivity contribution in [3.05, 3.63) is 123 Å². The highest BCUT2D eigenvalue weighted by Crippen LogP contribution is 2.38. The summed E-state index contributed by atoms with van der Waals surface area (Å²) in [7, 11) is 1.83. The number of hydrogen-bond acceptors (Lipinski definition) is 10. The number of esters is 2. The maximum Gasteiger partial charge on any atom is 0.387 e. The second kappa shape index (κ2) is 20.2. The molecule has 1 aliphatic carbocycles. The Morgan fingerprint density at radius 2 is 1.66 bits per heavy atom. The first kappa shape index (κ1) is 43.4. The van der Waals surface area contributed by atoms with Gasteiger partial charge in [0.05, 0.1) is 13.0 Å². The lowest BCUT2D eigenvalue weighted by Crippen LogP contribution is -2.52. The number of benzene rings is 3. The van der Waals surface area contributed by atoms with E-state index in [9.17, 15) is 23.6 Å². The molecule has 1 N–H and O–H groups in total. The van der Waals surface area contributed by atoms with E-state index < -0.39 is 24.7 Å². The van der Waals surface area contributed by atoms with Crippen molar-refractivity contribution in [2.75, 3.05) is 38.2 Å².